The molecule has 1 saturated heterocycles. The summed E-state index contributed by atoms with van der Waals surface area (Å²) in [6.07, 6.45) is 0. The standard InChI is InChI=1S/C24H23F2N3/c1-15-7-3-5-9-18(15)22-23(19-10-6-4-8-16(19)2)29-24(28-22)27-14-17-11-12-20(25)21(26)13-17/h3-13,22-23H,14H2,1-2H3,(H2,27,28,29). The number of aliphatic imine (C=N–C) groups is 1. The van der Waals surface area contributed by atoms with Crippen molar-refractivity contribution in [3.8, 4) is 0 Å². The van der Waals surface area contributed by atoms with E-state index < -0.39 is 11.6 Å². The number of halogens is 2. The highest BCUT2D eigenvalue weighted by Crippen LogP contribution is 2.35. The van der Waals surface area contributed by atoms with Crippen LogP contribution in [-0.4, -0.2) is 5.96 Å². The van der Waals surface area contributed by atoms with Gasteiger partial charge in [-0.25, -0.2) is 13.8 Å². The quantitative estimate of drug-likeness (QED) is 0.648. The van der Waals surface area contributed by atoms with Gasteiger partial charge in [0.1, 0.15) is 0 Å². The third-order valence-corrected chi connectivity index (χ3v) is 5.37. The van der Waals surface area contributed by atoms with E-state index in [-0.39, 0.29) is 18.6 Å². The molecule has 1 aliphatic heterocycles. The predicted octanol–water partition coefficient (Wildman–Crippen LogP) is 5.11. The zero-order valence-corrected chi connectivity index (χ0v) is 16.4. The summed E-state index contributed by atoms with van der Waals surface area (Å²) in [5.74, 6) is -1.06. The molecule has 1 heterocycles. The van der Waals surface area contributed by atoms with Crippen LogP contribution in [-0.2, 0) is 6.54 Å². The second-order valence-electron chi connectivity index (χ2n) is 7.37. The Morgan fingerprint density at radius 1 is 0.759 bits per heavy atom. The van der Waals surface area contributed by atoms with Crippen LogP contribution in [0.15, 0.2) is 71.7 Å². The van der Waals surface area contributed by atoms with Crippen LogP contribution in [0.3, 0.4) is 0 Å². The normalized spacial score (nSPS) is 18.3. The number of nitrogens with zero attached hydrogens (tertiary/aromatic N) is 1. The van der Waals surface area contributed by atoms with E-state index in [0.29, 0.717) is 11.5 Å². The smallest absolute Gasteiger partial charge is 0.192 e. The van der Waals surface area contributed by atoms with Crippen molar-refractivity contribution in [2.45, 2.75) is 32.5 Å². The maximum Gasteiger partial charge on any atom is 0.192 e. The summed E-state index contributed by atoms with van der Waals surface area (Å²) in [6, 6.07) is 20.5. The highest BCUT2D eigenvalue weighted by Gasteiger charge is 2.34. The fourth-order valence-electron chi connectivity index (χ4n) is 3.79. The van der Waals surface area contributed by atoms with Crippen LogP contribution < -0.4 is 10.6 Å². The van der Waals surface area contributed by atoms with Crippen LogP contribution in [0.2, 0.25) is 0 Å². The van der Waals surface area contributed by atoms with Crippen molar-refractivity contribution < 1.29 is 8.78 Å². The van der Waals surface area contributed by atoms with Gasteiger partial charge in [-0.3, -0.25) is 0 Å². The zero-order chi connectivity index (χ0) is 20.4. The highest BCUT2D eigenvalue weighted by atomic mass is 19.2. The Bertz CT molecular complexity index is 1010. The van der Waals surface area contributed by atoms with Crippen molar-refractivity contribution in [3.63, 3.8) is 0 Å². The van der Waals surface area contributed by atoms with Gasteiger partial charge in [0, 0.05) is 0 Å². The van der Waals surface area contributed by atoms with Crippen LogP contribution in [0.25, 0.3) is 0 Å². The third kappa shape index (κ3) is 3.99. The molecular weight excluding hydrogens is 368 g/mol. The van der Waals surface area contributed by atoms with Gasteiger partial charge >= 0.3 is 0 Å². The maximum absolute atomic E-state index is 13.5. The SMILES string of the molecule is Cc1ccccc1C1NC(=NCc2ccc(F)c(F)c2)NC1c1ccccc1C. The molecule has 0 aromatic heterocycles. The average molecular weight is 391 g/mol. The van der Waals surface area contributed by atoms with E-state index in [1.165, 1.54) is 28.3 Å². The molecular formula is C24H23F2N3. The molecule has 3 nitrogen and oxygen atoms in total. The molecule has 0 amide bonds. The zero-order valence-electron chi connectivity index (χ0n) is 16.4. The molecule has 0 aliphatic carbocycles. The van der Waals surface area contributed by atoms with Crippen molar-refractivity contribution in [1.29, 1.82) is 0 Å². The molecule has 0 radical (unpaired) electrons. The lowest BCUT2D eigenvalue weighted by Gasteiger charge is -2.22. The number of guanidine groups is 1. The van der Waals surface area contributed by atoms with E-state index >= 15 is 0 Å². The Morgan fingerprint density at radius 3 is 1.83 bits per heavy atom. The van der Waals surface area contributed by atoms with Gasteiger partial charge in [-0.05, 0) is 53.8 Å². The Morgan fingerprint density at radius 2 is 1.31 bits per heavy atom. The summed E-state index contributed by atoms with van der Waals surface area (Å²) in [6.45, 7) is 4.46. The summed E-state index contributed by atoms with van der Waals surface area (Å²) in [5, 5.41) is 6.98. The fourth-order valence-corrected chi connectivity index (χ4v) is 3.79. The van der Waals surface area contributed by atoms with E-state index in [1.807, 2.05) is 24.3 Å². The number of hydrogen-bond donors (Lipinski definition) is 2. The molecule has 1 fully saturated rings. The lowest BCUT2D eigenvalue weighted by Crippen LogP contribution is -2.25. The molecule has 2 N–H and O–H groups in total. The van der Waals surface area contributed by atoms with Crippen molar-refractivity contribution in [1.82, 2.24) is 10.6 Å². The molecule has 3 aromatic rings. The first-order valence-electron chi connectivity index (χ1n) is 9.65. The van der Waals surface area contributed by atoms with Crippen LogP contribution in [0.1, 0.15) is 39.9 Å². The first-order chi connectivity index (χ1) is 14.0. The Balaban J connectivity index is 1.65. The van der Waals surface area contributed by atoms with E-state index in [9.17, 15) is 8.78 Å². The van der Waals surface area contributed by atoms with Crippen LogP contribution >= 0.6 is 0 Å². The molecule has 5 heteroatoms. The maximum atomic E-state index is 13.5. The molecule has 2 atom stereocenters. The molecule has 0 saturated carbocycles. The lowest BCUT2D eigenvalue weighted by molar-refractivity contribution is 0.507. The summed E-state index contributed by atoms with van der Waals surface area (Å²) in [5.41, 5.74) is 5.42. The van der Waals surface area contributed by atoms with E-state index in [4.69, 9.17) is 0 Å². The average Bonchev–Trinajstić information content (AvgIpc) is 3.13. The first-order valence-corrected chi connectivity index (χ1v) is 9.65. The number of benzene rings is 3. The van der Waals surface area contributed by atoms with E-state index in [0.717, 1.165) is 6.07 Å². The second-order valence-corrected chi connectivity index (χ2v) is 7.37. The van der Waals surface area contributed by atoms with Gasteiger partial charge in [0.2, 0.25) is 0 Å². The fraction of sp³-hybridized carbons (Fsp3) is 0.208. The Kier molecular flexibility index (Phi) is 5.30. The van der Waals surface area contributed by atoms with Gasteiger partial charge in [-0.1, -0.05) is 54.6 Å². The largest absolute Gasteiger partial charge is 0.347 e. The van der Waals surface area contributed by atoms with Gasteiger partial charge in [-0.15, -0.1) is 0 Å². The van der Waals surface area contributed by atoms with Gasteiger partial charge in [-0.2, -0.15) is 0 Å². The van der Waals surface area contributed by atoms with Gasteiger partial charge in [0.15, 0.2) is 17.6 Å². The Labute approximate surface area is 169 Å². The molecule has 29 heavy (non-hydrogen) atoms. The summed E-state index contributed by atoms with van der Waals surface area (Å²) in [7, 11) is 0. The second kappa shape index (κ2) is 8.03. The van der Waals surface area contributed by atoms with Crippen molar-refractivity contribution >= 4 is 5.96 Å². The van der Waals surface area contributed by atoms with Crippen molar-refractivity contribution in [3.05, 3.63) is 106 Å². The van der Waals surface area contributed by atoms with Gasteiger partial charge in [0.25, 0.3) is 0 Å². The number of nitrogens with one attached hydrogen (secondary N) is 2. The van der Waals surface area contributed by atoms with Crippen LogP contribution in [0.5, 0.6) is 0 Å². The summed E-state index contributed by atoms with van der Waals surface area (Å²) in [4.78, 5) is 4.58. The monoisotopic (exact) mass is 391 g/mol. The number of aryl methyl sites for hydroxylation is 2. The van der Waals surface area contributed by atoms with Crippen LogP contribution in [0, 0.1) is 25.5 Å². The number of rotatable bonds is 4. The van der Waals surface area contributed by atoms with Gasteiger partial charge in [0.05, 0.1) is 18.6 Å². The predicted molar refractivity (Wildman–Crippen MR) is 112 cm³/mol. The van der Waals surface area contributed by atoms with E-state index in [2.05, 4.69) is 53.7 Å². The third-order valence-electron chi connectivity index (χ3n) is 5.37. The lowest BCUT2D eigenvalue weighted by atomic mass is 9.90. The molecule has 4 rings (SSSR count). The molecule has 2 unspecified atom stereocenters. The molecule has 148 valence electrons. The topological polar surface area (TPSA) is 36.4 Å². The van der Waals surface area contributed by atoms with Crippen LogP contribution in [0.4, 0.5) is 8.78 Å². The summed E-state index contributed by atoms with van der Waals surface area (Å²) >= 11 is 0. The van der Waals surface area contributed by atoms with Gasteiger partial charge < -0.3 is 10.6 Å². The minimum atomic E-state index is -0.856. The molecule has 0 spiro atoms. The summed E-state index contributed by atoms with van der Waals surface area (Å²) < 4.78 is 26.6. The minimum Gasteiger partial charge on any atom is -0.347 e. The first kappa shape index (κ1) is 19.1. The Hall–Kier alpha value is -3.21. The van der Waals surface area contributed by atoms with E-state index in [1.54, 1.807) is 6.07 Å². The molecule has 0 bridgehead atoms. The molecule has 3 aromatic carbocycles. The minimum absolute atomic E-state index is 0.0148. The van der Waals surface area contributed by atoms with Crippen molar-refractivity contribution in [2.75, 3.05) is 0 Å². The number of hydrogen-bond acceptors (Lipinski definition) is 1. The van der Waals surface area contributed by atoms with Crippen molar-refractivity contribution in [2.24, 2.45) is 4.99 Å². The highest BCUT2D eigenvalue weighted by molar-refractivity contribution is 5.83. The molecule has 1 aliphatic rings.